The summed E-state index contributed by atoms with van der Waals surface area (Å²) in [5.41, 5.74) is -2.24. The minimum atomic E-state index is -1.23. The van der Waals surface area contributed by atoms with E-state index >= 15 is 0 Å². The molecule has 420 valence electrons. The van der Waals surface area contributed by atoms with E-state index in [2.05, 4.69) is 75.8 Å². The lowest BCUT2D eigenvalue weighted by Gasteiger charge is -2.31. The van der Waals surface area contributed by atoms with Crippen LogP contribution in [0.15, 0.2) is 0 Å². The Labute approximate surface area is 460 Å². The number of ether oxygens (including phenoxy) is 9. The van der Waals surface area contributed by atoms with Crippen molar-refractivity contribution in [2.75, 3.05) is 94.0 Å². The topological polar surface area (TPSA) is 237 Å². The monoisotopic (exact) mass is 1140 g/mol. The van der Waals surface area contributed by atoms with Crippen LogP contribution >= 0.6 is 75.8 Å². The van der Waals surface area contributed by atoms with E-state index in [1.165, 1.54) is 0 Å². The molecule has 0 N–H and O–H groups in total. The highest BCUT2D eigenvalue weighted by Gasteiger charge is 2.38. The zero-order valence-corrected chi connectivity index (χ0v) is 48.6. The molecule has 0 aromatic rings. The van der Waals surface area contributed by atoms with E-state index in [9.17, 15) is 43.2 Å². The van der Waals surface area contributed by atoms with Gasteiger partial charge in [-0.25, -0.2) is 0 Å². The Kier molecular flexibility index (Phi) is 47.9. The van der Waals surface area contributed by atoms with Crippen LogP contribution in [-0.4, -0.2) is 148 Å². The first-order chi connectivity index (χ1) is 34.3. The maximum atomic E-state index is 11.8. The van der Waals surface area contributed by atoms with Gasteiger partial charge in [0.15, 0.2) is 0 Å². The van der Waals surface area contributed by atoms with Gasteiger partial charge in [-0.2, -0.15) is 75.8 Å². The highest BCUT2D eigenvalue weighted by Crippen LogP contribution is 2.28. The Morgan fingerprint density at radius 3 is 0.556 bits per heavy atom. The minimum absolute atomic E-state index is 0.0175. The van der Waals surface area contributed by atoms with Crippen molar-refractivity contribution in [3.05, 3.63) is 0 Å². The van der Waals surface area contributed by atoms with E-state index in [0.717, 1.165) is 19.3 Å². The summed E-state index contributed by atoms with van der Waals surface area (Å²) in [7, 11) is 0. The second kappa shape index (κ2) is 46.8. The molecular weight excluding hydrogens is 1060 g/mol. The van der Waals surface area contributed by atoms with Crippen molar-refractivity contribution in [2.24, 2.45) is 16.2 Å². The van der Waals surface area contributed by atoms with Crippen molar-refractivity contribution in [1.82, 2.24) is 0 Å². The fourth-order valence-electron chi connectivity index (χ4n) is 5.29. The fourth-order valence-corrected chi connectivity index (χ4v) is 6.39. The van der Waals surface area contributed by atoms with Gasteiger partial charge in [-0.15, -0.1) is 0 Å². The van der Waals surface area contributed by atoms with Gasteiger partial charge >= 0.3 is 53.7 Å². The fraction of sp³-hybridized carbons (Fsp3) is 0.812. The van der Waals surface area contributed by atoms with Gasteiger partial charge < -0.3 is 42.6 Å². The number of rotatable bonds is 39. The second-order valence-corrected chi connectivity index (χ2v) is 19.3. The van der Waals surface area contributed by atoms with Crippen LogP contribution in [-0.2, 0) is 85.8 Å². The van der Waals surface area contributed by atoms with Crippen LogP contribution < -0.4 is 0 Å². The van der Waals surface area contributed by atoms with Gasteiger partial charge in [-0.3, -0.25) is 43.2 Å². The molecule has 0 unspecified atom stereocenters. The van der Waals surface area contributed by atoms with Crippen LogP contribution in [0.25, 0.3) is 0 Å². The van der Waals surface area contributed by atoms with E-state index in [1.54, 1.807) is 0 Å². The summed E-state index contributed by atoms with van der Waals surface area (Å²) in [6, 6.07) is 0. The summed E-state index contributed by atoms with van der Waals surface area (Å²) in [5, 5.41) is 0. The zero-order valence-electron chi connectivity index (χ0n) is 43.2. The highest BCUT2D eigenvalue weighted by molar-refractivity contribution is 7.81. The van der Waals surface area contributed by atoms with Crippen molar-refractivity contribution in [2.45, 2.75) is 138 Å². The molecule has 0 rings (SSSR count). The van der Waals surface area contributed by atoms with E-state index < -0.39 is 34.7 Å². The minimum Gasteiger partial charge on any atom is -0.465 e. The van der Waals surface area contributed by atoms with E-state index in [1.807, 2.05) is 41.5 Å². The van der Waals surface area contributed by atoms with Crippen LogP contribution in [0, 0.1) is 16.2 Å². The quantitative estimate of drug-likeness (QED) is 0.0200. The first-order valence-corrected chi connectivity index (χ1v) is 28.1. The Morgan fingerprint density at radius 1 is 0.250 bits per heavy atom. The Balaban J connectivity index is -0.00000101. The number of esters is 9. The Morgan fingerprint density at radius 2 is 0.403 bits per heavy atom. The molecule has 0 atom stereocenters. The van der Waals surface area contributed by atoms with E-state index in [0.29, 0.717) is 86.3 Å². The molecule has 0 amide bonds. The molecule has 0 bridgehead atoms. The molecule has 0 aliphatic heterocycles. The smallest absolute Gasteiger partial charge is 0.306 e. The van der Waals surface area contributed by atoms with Gasteiger partial charge in [0.1, 0.15) is 64.9 Å². The first-order valence-electron chi connectivity index (χ1n) is 24.3. The summed E-state index contributed by atoms with van der Waals surface area (Å²) in [5.74, 6) is -1.39. The molecule has 0 saturated carbocycles. The molecule has 0 aromatic heterocycles. The predicted molar refractivity (Wildman–Crippen MR) is 292 cm³/mol. The number of carbonyl (C=O) groups is 9. The zero-order chi connectivity index (χ0) is 55.3. The number of thiol groups is 6. The number of hydrogen-bond donors (Lipinski definition) is 6. The van der Waals surface area contributed by atoms with Gasteiger partial charge in [0.2, 0.25) is 0 Å². The van der Waals surface area contributed by atoms with Gasteiger partial charge in [0.25, 0.3) is 0 Å². The van der Waals surface area contributed by atoms with Crippen molar-refractivity contribution in [3.8, 4) is 0 Å². The van der Waals surface area contributed by atoms with Crippen molar-refractivity contribution in [1.29, 1.82) is 0 Å². The molecule has 0 fully saturated rings. The third-order valence-corrected chi connectivity index (χ3v) is 11.7. The van der Waals surface area contributed by atoms with Crippen molar-refractivity contribution in [3.63, 3.8) is 0 Å². The third-order valence-electron chi connectivity index (χ3n) is 10.4. The lowest BCUT2D eigenvalue weighted by atomic mass is 9.84. The van der Waals surface area contributed by atoms with E-state index in [4.69, 9.17) is 42.6 Å². The van der Waals surface area contributed by atoms with Crippen molar-refractivity contribution >= 4 is 129 Å². The molecule has 0 saturated heterocycles. The average molecular weight is 1140 g/mol. The molecule has 0 aliphatic rings. The van der Waals surface area contributed by atoms with Crippen LogP contribution in [0.3, 0.4) is 0 Å². The molecule has 0 aliphatic carbocycles. The first kappa shape index (κ1) is 73.6. The molecule has 72 heavy (non-hydrogen) atoms. The van der Waals surface area contributed by atoms with Gasteiger partial charge in [-0.1, -0.05) is 41.5 Å². The lowest BCUT2D eigenvalue weighted by Crippen LogP contribution is -2.44. The molecule has 18 nitrogen and oxygen atoms in total. The third kappa shape index (κ3) is 38.8. The van der Waals surface area contributed by atoms with Gasteiger partial charge in [0, 0.05) is 59.2 Å². The maximum absolute atomic E-state index is 11.8. The summed E-state index contributed by atoms with van der Waals surface area (Å²) >= 11 is 23.9. The lowest BCUT2D eigenvalue weighted by molar-refractivity contribution is -0.171. The molecule has 24 heteroatoms. The summed E-state index contributed by atoms with van der Waals surface area (Å²) in [6.45, 7) is 11.2. The van der Waals surface area contributed by atoms with Crippen molar-refractivity contribution < 1.29 is 85.8 Å². The van der Waals surface area contributed by atoms with Crippen LogP contribution in [0.4, 0.5) is 0 Å². The van der Waals surface area contributed by atoms with Gasteiger partial charge in [0.05, 0.1) is 43.9 Å². The predicted octanol–water partition coefficient (Wildman–Crippen LogP) is 7.36. The summed E-state index contributed by atoms with van der Waals surface area (Å²) < 4.78 is 47.2. The summed E-state index contributed by atoms with van der Waals surface area (Å²) in [6.07, 6.45) is 6.07. The van der Waals surface area contributed by atoms with Crippen LogP contribution in [0.1, 0.15) is 138 Å². The largest absolute Gasteiger partial charge is 0.465 e. The average Bonchev–Trinajstić information content (AvgIpc) is 3.35. The Bertz CT molecular complexity index is 1380. The highest BCUT2D eigenvalue weighted by atomic mass is 32.1. The molecule has 0 spiro atoms. The SMILES string of the molecule is CCCC(=O)OCC(CC)(CC)COC(=O)CCS.CCCC(=O)OCC(CC)(COC(=O)CCS)COC(=O)CCS.CCCC(=O)OCC(COC(=O)CCS)(COC(=O)CCS)COC(=O)CCS. The number of carbonyl (C=O) groups excluding carboxylic acids is 9. The van der Waals surface area contributed by atoms with E-state index in [-0.39, 0.29) is 120 Å². The summed E-state index contributed by atoms with van der Waals surface area (Å²) in [4.78, 5) is 105. The second-order valence-electron chi connectivity index (χ2n) is 16.6. The van der Waals surface area contributed by atoms with Crippen LogP contribution in [0.2, 0.25) is 0 Å². The normalized spacial score (nSPS) is 11.0. The van der Waals surface area contributed by atoms with Gasteiger partial charge in [-0.05, 0) is 38.5 Å². The molecule has 0 heterocycles. The number of hydrogen-bond acceptors (Lipinski definition) is 24. The standard InChI is InChI=1S/C18H30O8S3.C16H28O6S2.C14H26O4S/c1-2-3-14(19)23-10-18(11-24-15(20)4-7-27,12-25-16(21)5-8-28)13-26-17(22)6-9-29;1-3-5-13(17)20-10-16(4-2,11-21-14(18)6-8-23)12-22-15(19)7-9-24;1-4-7-12(15)17-10-14(5-2,6-3)11-18-13(16)8-9-19/h27-29H,2-13H2,1H3;23-24H,3-12H2,1-2H3;19H,4-11H2,1-3H3. The molecule has 0 radical (unpaired) electrons. The molecule has 0 aromatic carbocycles. The Hall–Kier alpha value is -2.67. The maximum Gasteiger partial charge on any atom is 0.306 e. The van der Waals surface area contributed by atoms with Crippen LogP contribution in [0.5, 0.6) is 0 Å². The molecular formula is C48H84O18S6.